The second-order valence-corrected chi connectivity index (χ2v) is 5.43. The van der Waals surface area contributed by atoms with Crippen LogP contribution in [0, 0.1) is 11.3 Å². The SMILES string of the molecule is N#CC=CC=Cc1ccccc1.O=C(O)c1ccccc1N1C(=O)C=CC1=O. The number of allylic oxidation sites excluding steroid dienone is 3. The van der Waals surface area contributed by atoms with Gasteiger partial charge in [0.25, 0.3) is 11.8 Å². The van der Waals surface area contributed by atoms with E-state index >= 15 is 0 Å². The summed E-state index contributed by atoms with van der Waals surface area (Å²) in [4.78, 5) is 34.5. The molecule has 1 heterocycles. The number of hydrogen-bond acceptors (Lipinski definition) is 4. The number of nitrogens with zero attached hydrogens (tertiary/aromatic N) is 2. The first-order valence-electron chi connectivity index (χ1n) is 8.21. The van der Waals surface area contributed by atoms with E-state index in [0.717, 1.165) is 22.6 Å². The number of aromatic carboxylic acids is 1. The van der Waals surface area contributed by atoms with Gasteiger partial charge in [-0.25, -0.2) is 9.69 Å². The van der Waals surface area contributed by atoms with E-state index in [4.69, 9.17) is 10.4 Å². The van der Waals surface area contributed by atoms with Crippen LogP contribution in [-0.2, 0) is 9.59 Å². The Morgan fingerprint density at radius 3 is 2.14 bits per heavy atom. The van der Waals surface area contributed by atoms with Gasteiger partial charge in [-0.05, 0) is 17.7 Å². The number of rotatable bonds is 4. The van der Waals surface area contributed by atoms with Crippen LogP contribution in [0.4, 0.5) is 5.69 Å². The molecule has 6 heteroatoms. The smallest absolute Gasteiger partial charge is 0.337 e. The van der Waals surface area contributed by atoms with Gasteiger partial charge in [-0.2, -0.15) is 5.26 Å². The van der Waals surface area contributed by atoms with Crippen molar-refractivity contribution < 1.29 is 19.5 Å². The summed E-state index contributed by atoms with van der Waals surface area (Å²) in [6.07, 6.45) is 9.18. The van der Waals surface area contributed by atoms with E-state index in [2.05, 4.69) is 0 Å². The van der Waals surface area contributed by atoms with Crippen LogP contribution in [0.15, 0.2) is 85.0 Å². The van der Waals surface area contributed by atoms with Gasteiger partial charge in [0.15, 0.2) is 0 Å². The molecular weight excluding hydrogens is 356 g/mol. The zero-order valence-electron chi connectivity index (χ0n) is 14.7. The standard InChI is InChI=1S/C11H7NO4.C11H9N/c13-9-5-6-10(14)12(9)8-4-2-1-3-7(8)11(15)16;12-10-6-2-5-9-11-7-3-1-4-8-11/h1-6H,(H,15,16);1-9H. The van der Waals surface area contributed by atoms with Gasteiger partial charge in [-0.15, -0.1) is 0 Å². The highest BCUT2D eigenvalue weighted by molar-refractivity contribution is 6.29. The molecule has 2 aromatic carbocycles. The molecule has 0 aromatic heterocycles. The highest BCUT2D eigenvalue weighted by Crippen LogP contribution is 2.23. The van der Waals surface area contributed by atoms with Crippen LogP contribution >= 0.6 is 0 Å². The zero-order valence-corrected chi connectivity index (χ0v) is 14.7. The quantitative estimate of drug-likeness (QED) is 0.502. The first kappa shape index (κ1) is 20.1. The maximum atomic E-state index is 11.4. The van der Waals surface area contributed by atoms with Crippen LogP contribution in [-0.4, -0.2) is 22.9 Å². The predicted molar refractivity (Wildman–Crippen MR) is 105 cm³/mol. The highest BCUT2D eigenvalue weighted by atomic mass is 16.4. The molecule has 138 valence electrons. The number of benzene rings is 2. The Kier molecular flexibility index (Phi) is 7.20. The molecule has 6 nitrogen and oxygen atoms in total. The lowest BCUT2D eigenvalue weighted by molar-refractivity contribution is -0.119. The molecule has 0 atom stereocenters. The van der Waals surface area contributed by atoms with E-state index in [9.17, 15) is 14.4 Å². The Morgan fingerprint density at radius 1 is 0.929 bits per heavy atom. The summed E-state index contributed by atoms with van der Waals surface area (Å²) in [6.45, 7) is 0. The fraction of sp³-hybridized carbons (Fsp3) is 0. The van der Waals surface area contributed by atoms with Crippen molar-refractivity contribution in [3.63, 3.8) is 0 Å². The predicted octanol–water partition coefficient (Wildman–Crippen LogP) is 3.59. The third-order valence-electron chi connectivity index (χ3n) is 3.55. The Hall–Kier alpha value is -4.24. The lowest BCUT2D eigenvalue weighted by Gasteiger charge is -2.15. The summed E-state index contributed by atoms with van der Waals surface area (Å²) < 4.78 is 0. The van der Waals surface area contributed by atoms with E-state index in [1.807, 2.05) is 48.6 Å². The lowest BCUT2D eigenvalue weighted by atomic mass is 10.1. The van der Waals surface area contributed by atoms with Crippen molar-refractivity contribution in [2.45, 2.75) is 0 Å². The molecule has 1 aliphatic heterocycles. The molecular formula is C22H16N2O4. The zero-order chi connectivity index (χ0) is 20.4. The Labute approximate surface area is 162 Å². The molecule has 2 amide bonds. The van der Waals surface area contributed by atoms with Crippen LogP contribution < -0.4 is 4.90 Å². The molecule has 28 heavy (non-hydrogen) atoms. The first-order valence-corrected chi connectivity index (χ1v) is 8.21. The number of amides is 2. The molecule has 0 aliphatic carbocycles. The van der Waals surface area contributed by atoms with Crippen LogP contribution in [0.5, 0.6) is 0 Å². The molecule has 0 bridgehead atoms. The van der Waals surface area contributed by atoms with E-state index in [1.54, 1.807) is 12.1 Å². The summed E-state index contributed by atoms with van der Waals surface area (Å²) in [5.74, 6) is -2.24. The molecule has 3 rings (SSSR count). The van der Waals surface area contributed by atoms with Crippen molar-refractivity contribution in [3.8, 4) is 6.07 Å². The number of carbonyl (C=O) groups is 3. The van der Waals surface area contributed by atoms with Gasteiger partial charge < -0.3 is 5.11 Å². The molecule has 0 radical (unpaired) electrons. The molecule has 1 N–H and O–H groups in total. The van der Waals surface area contributed by atoms with Crippen molar-refractivity contribution in [1.29, 1.82) is 5.26 Å². The number of imide groups is 1. The number of anilines is 1. The van der Waals surface area contributed by atoms with Crippen LogP contribution in [0.25, 0.3) is 6.08 Å². The summed E-state index contributed by atoms with van der Waals surface area (Å²) in [6, 6.07) is 17.7. The molecule has 0 saturated carbocycles. The molecule has 0 unspecified atom stereocenters. The third-order valence-corrected chi connectivity index (χ3v) is 3.55. The van der Waals surface area contributed by atoms with Gasteiger partial charge in [0, 0.05) is 18.2 Å². The average molecular weight is 372 g/mol. The molecule has 2 aromatic rings. The summed E-state index contributed by atoms with van der Waals surface area (Å²) >= 11 is 0. The number of nitriles is 1. The number of carboxylic acids is 1. The maximum Gasteiger partial charge on any atom is 0.337 e. The number of para-hydroxylation sites is 1. The summed E-state index contributed by atoms with van der Waals surface area (Å²) in [5.41, 5.74) is 1.16. The summed E-state index contributed by atoms with van der Waals surface area (Å²) in [5, 5.41) is 17.1. The normalized spacial score (nSPS) is 12.9. The second-order valence-electron chi connectivity index (χ2n) is 5.43. The maximum absolute atomic E-state index is 11.4. The van der Waals surface area contributed by atoms with E-state index in [-0.39, 0.29) is 11.3 Å². The average Bonchev–Trinajstić information content (AvgIpc) is 3.04. The van der Waals surface area contributed by atoms with Gasteiger partial charge in [0.05, 0.1) is 17.3 Å². The lowest BCUT2D eigenvalue weighted by Crippen LogP contribution is -2.31. The van der Waals surface area contributed by atoms with Crippen molar-refractivity contribution in [2.75, 3.05) is 4.90 Å². The summed E-state index contributed by atoms with van der Waals surface area (Å²) in [7, 11) is 0. The first-order chi connectivity index (χ1) is 13.5. The third kappa shape index (κ3) is 5.38. The van der Waals surface area contributed by atoms with Crippen LogP contribution in [0.1, 0.15) is 15.9 Å². The van der Waals surface area contributed by atoms with Crippen LogP contribution in [0.3, 0.4) is 0 Å². The van der Waals surface area contributed by atoms with E-state index in [1.165, 1.54) is 24.3 Å². The van der Waals surface area contributed by atoms with Crippen molar-refractivity contribution in [2.24, 2.45) is 0 Å². The minimum atomic E-state index is -1.18. The Morgan fingerprint density at radius 2 is 1.54 bits per heavy atom. The minimum Gasteiger partial charge on any atom is -0.478 e. The minimum absolute atomic E-state index is 0.0760. The van der Waals surface area contributed by atoms with E-state index in [0.29, 0.717) is 0 Å². The second kappa shape index (κ2) is 10.0. The fourth-order valence-corrected chi connectivity index (χ4v) is 2.32. The van der Waals surface area contributed by atoms with Gasteiger partial charge >= 0.3 is 5.97 Å². The van der Waals surface area contributed by atoms with Crippen molar-refractivity contribution in [3.05, 3.63) is 96.1 Å². The molecule has 1 aliphatic rings. The van der Waals surface area contributed by atoms with Gasteiger partial charge in [-0.1, -0.05) is 60.7 Å². The van der Waals surface area contributed by atoms with Gasteiger partial charge in [0.1, 0.15) is 0 Å². The molecule has 0 spiro atoms. The number of carbonyl (C=O) groups excluding carboxylic acids is 2. The number of carboxylic acid groups (broad SMARTS) is 1. The number of hydrogen-bond donors (Lipinski definition) is 1. The monoisotopic (exact) mass is 372 g/mol. The van der Waals surface area contributed by atoms with Crippen molar-refractivity contribution >= 4 is 29.5 Å². The van der Waals surface area contributed by atoms with Gasteiger partial charge in [0.2, 0.25) is 0 Å². The molecule has 0 fully saturated rings. The topological polar surface area (TPSA) is 98.5 Å². The van der Waals surface area contributed by atoms with Crippen LogP contribution in [0.2, 0.25) is 0 Å². The highest BCUT2D eigenvalue weighted by Gasteiger charge is 2.28. The fourth-order valence-electron chi connectivity index (χ4n) is 2.32. The van der Waals surface area contributed by atoms with E-state index < -0.39 is 17.8 Å². The van der Waals surface area contributed by atoms with Crippen molar-refractivity contribution in [1.82, 2.24) is 0 Å². The Bertz CT molecular complexity index is 981. The Balaban J connectivity index is 0.000000209. The molecule has 0 saturated heterocycles. The van der Waals surface area contributed by atoms with Gasteiger partial charge in [-0.3, -0.25) is 9.59 Å². The largest absolute Gasteiger partial charge is 0.478 e.